The zero-order chi connectivity index (χ0) is 13.9. The first-order valence-corrected chi connectivity index (χ1v) is 8.06. The Morgan fingerprint density at radius 2 is 2.05 bits per heavy atom. The second kappa shape index (κ2) is 6.47. The van der Waals surface area contributed by atoms with Gasteiger partial charge in [0, 0.05) is 22.3 Å². The summed E-state index contributed by atoms with van der Waals surface area (Å²) in [5.74, 6) is 0.460. The van der Waals surface area contributed by atoms with E-state index in [1.54, 1.807) is 12.1 Å². The minimum Gasteiger partial charge on any atom is -0.351 e. The molecule has 1 saturated carbocycles. The van der Waals surface area contributed by atoms with Crippen LogP contribution in [0.1, 0.15) is 36.0 Å². The van der Waals surface area contributed by atoms with E-state index in [0.29, 0.717) is 23.0 Å². The maximum atomic E-state index is 12.2. The second-order valence-corrected chi connectivity index (χ2v) is 6.74. The van der Waals surface area contributed by atoms with E-state index in [2.05, 4.69) is 21.2 Å². The molecule has 19 heavy (non-hydrogen) atoms. The fourth-order valence-electron chi connectivity index (χ4n) is 2.52. The van der Waals surface area contributed by atoms with Gasteiger partial charge in [-0.3, -0.25) is 4.79 Å². The van der Waals surface area contributed by atoms with Crippen LogP contribution >= 0.6 is 39.1 Å². The van der Waals surface area contributed by atoms with Crippen LogP contribution in [-0.4, -0.2) is 18.3 Å². The molecule has 2 rings (SSSR count). The molecule has 0 unspecified atom stereocenters. The molecule has 1 fully saturated rings. The van der Waals surface area contributed by atoms with Crippen molar-refractivity contribution < 1.29 is 4.79 Å². The van der Waals surface area contributed by atoms with Crippen LogP contribution < -0.4 is 5.32 Å². The second-order valence-electron chi connectivity index (χ2n) is 5.15. The molecule has 0 aromatic heterocycles. The zero-order valence-electron chi connectivity index (χ0n) is 10.5. The Bertz CT molecular complexity index is 473. The van der Waals surface area contributed by atoms with E-state index in [4.69, 9.17) is 23.2 Å². The van der Waals surface area contributed by atoms with E-state index in [0.717, 1.165) is 17.3 Å². The molecule has 1 amide bonds. The summed E-state index contributed by atoms with van der Waals surface area (Å²) in [7, 11) is 0. The fourth-order valence-corrected chi connectivity index (χ4v) is 3.44. The average Bonchev–Trinajstić information content (AvgIpc) is 2.88. The van der Waals surface area contributed by atoms with Gasteiger partial charge in [0.05, 0.1) is 10.6 Å². The molecule has 1 N–H and O–H groups in total. The van der Waals surface area contributed by atoms with Crippen molar-refractivity contribution in [1.82, 2.24) is 5.32 Å². The number of alkyl halides is 1. The number of hydrogen-bond acceptors (Lipinski definition) is 1. The number of carbonyl (C=O) groups is 1. The van der Waals surface area contributed by atoms with Crippen molar-refractivity contribution in [2.75, 3.05) is 12.4 Å². The molecule has 2 nitrogen and oxygen atoms in total. The van der Waals surface area contributed by atoms with Crippen LogP contribution in [0.4, 0.5) is 0 Å². The number of amides is 1. The molecule has 0 bridgehead atoms. The lowest BCUT2D eigenvalue weighted by molar-refractivity contribution is 0.0935. The van der Waals surface area contributed by atoms with Gasteiger partial charge in [0.2, 0.25) is 0 Å². The van der Waals surface area contributed by atoms with Crippen molar-refractivity contribution >= 4 is 45.0 Å². The van der Waals surface area contributed by atoms with Gasteiger partial charge in [-0.1, -0.05) is 40.4 Å². The molecule has 1 aromatic rings. The predicted molar refractivity (Wildman–Crippen MR) is 83.1 cm³/mol. The van der Waals surface area contributed by atoms with Crippen molar-refractivity contribution in [1.29, 1.82) is 0 Å². The Morgan fingerprint density at radius 1 is 1.37 bits per heavy atom. The topological polar surface area (TPSA) is 29.1 Å². The number of nitrogens with one attached hydrogen (secondary N) is 1. The first-order valence-electron chi connectivity index (χ1n) is 6.36. The SMILES string of the molecule is O=C(NCC1(CCl)CCCC1)c1cc(Br)ccc1Cl. The van der Waals surface area contributed by atoms with E-state index in [1.807, 2.05) is 6.07 Å². The lowest BCUT2D eigenvalue weighted by Crippen LogP contribution is -2.37. The zero-order valence-corrected chi connectivity index (χ0v) is 13.6. The lowest BCUT2D eigenvalue weighted by atomic mass is 9.88. The van der Waals surface area contributed by atoms with Crippen molar-refractivity contribution in [3.63, 3.8) is 0 Å². The van der Waals surface area contributed by atoms with Crippen molar-refractivity contribution in [2.24, 2.45) is 5.41 Å². The predicted octanol–water partition coefficient (Wildman–Crippen LogP) is 4.63. The van der Waals surface area contributed by atoms with Crippen LogP contribution in [0.5, 0.6) is 0 Å². The Morgan fingerprint density at radius 3 is 2.68 bits per heavy atom. The molecule has 1 aromatic carbocycles. The van der Waals surface area contributed by atoms with Gasteiger partial charge in [-0.15, -0.1) is 11.6 Å². The number of benzene rings is 1. The Labute approximate surface area is 132 Å². The molecule has 0 spiro atoms. The largest absolute Gasteiger partial charge is 0.351 e. The molecule has 0 atom stereocenters. The smallest absolute Gasteiger partial charge is 0.252 e. The van der Waals surface area contributed by atoms with Crippen LogP contribution in [0, 0.1) is 5.41 Å². The fraction of sp³-hybridized carbons (Fsp3) is 0.500. The third-order valence-corrected chi connectivity index (χ3v) is 5.13. The highest BCUT2D eigenvalue weighted by molar-refractivity contribution is 9.10. The standard InChI is InChI=1S/C14H16BrCl2NO/c15-10-3-4-12(17)11(7-10)13(19)18-9-14(8-16)5-1-2-6-14/h3-4,7H,1-2,5-6,8-9H2,(H,18,19). The monoisotopic (exact) mass is 363 g/mol. The highest BCUT2D eigenvalue weighted by atomic mass is 79.9. The van der Waals surface area contributed by atoms with Gasteiger partial charge in [0.25, 0.3) is 5.91 Å². The van der Waals surface area contributed by atoms with Gasteiger partial charge in [-0.2, -0.15) is 0 Å². The molecule has 0 aliphatic heterocycles. The Balaban J connectivity index is 2.03. The van der Waals surface area contributed by atoms with Gasteiger partial charge in [-0.25, -0.2) is 0 Å². The summed E-state index contributed by atoms with van der Waals surface area (Å²) >= 11 is 15.5. The first-order chi connectivity index (χ1) is 9.06. The molecular formula is C14H16BrCl2NO. The highest BCUT2D eigenvalue weighted by Crippen LogP contribution is 2.38. The molecule has 0 saturated heterocycles. The lowest BCUT2D eigenvalue weighted by Gasteiger charge is -2.26. The van der Waals surface area contributed by atoms with Gasteiger partial charge >= 0.3 is 0 Å². The normalized spacial score (nSPS) is 17.4. The third-order valence-electron chi connectivity index (χ3n) is 3.74. The van der Waals surface area contributed by atoms with Crippen LogP contribution in [0.2, 0.25) is 5.02 Å². The Kier molecular flexibility index (Phi) is 5.15. The van der Waals surface area contributed by atoms with Crippen molar-refractivity contribution in [2.45, 2.75) is 25.7 Å². The summed E-state index contributed by atoms with van der Waals surface area (Å²) in [4.78, 5) is 12.2. The molecule has 0 heterocycles. The van der Waals surface area contributed by atoms with E-state index in [-0.39, 0.29) is 11.3 Å². The van der Waals surface area contributed by atoms with E-state index in [1.165, 1.54) is 12.8 Å². The quantitative estimate of drug-likeness (QED) is 0.775. The third kappa shape index (κ3) is 3.65. The Hall–Kier alpha value is -0.250. The number of rotatable bonds is 4. The van der Waals surface area contributed by atoms with Gasteiger partial charge in [0.1, 0.15) is 0 Å². The molecule has 1 aliphatic rings. The van der Waals surface area contributed by atoms with Crippen molar-refractivity contribution in [3.8, 4) is 0 Å². The number of halogens is 3. The minimum atomic E-state index is -0.136. The summed E-state index contributed by atoms with van der Waals surface area (Å²) < 4.78 is 0.843. The first kappa shape index (κ1) is 15.1. The molecule has 0 radical (unpaired) electrons. The van der Waals surface area contributed by atoms with E-state index < -0.39 is 0 Å². The molecular weight excluding hydrogens is 349 g/mol. The highest BCUT2D eigenvalue weighted by Gasteiger charge is 2.33. The average molecular weight is 365 g/mol. The molecule has 1 aliphatic carbocycles. The van der Waals surface area contributed by atoms with E-state index in [9.17, 15) is 4.79 Å². The number of hydrogen-bond donors (Lipinski definition) is 1. The maximum Gasteiger partial charge on any atom is 0.252 e. The van der Waals surface area contributed by atoms with Gasteiger partial charge in [-0.05, 0) is 31.0 Å². The number of carbonyl (C=O) groups excluding carboxylic acids is 1. The van der Waals surface area contributed by atoms with Crippen LogP contribution in [0.25, 0.3) is 0 Å². The summed E-state index contributed by atoms with van der Waals surface area (Å²) in [5.41, 5.74) is 0.564. The summed E-state index contributed by atoms with van der Waals surface area (Å²) in [6.07, 6.45) is 4.56. The van der Waals surface area contributed by atoms with Crippen LogP contribution in [-0.2, 0) is 0 Å². The summed E-state index contributed by atoms with van der Waals surface area (Å²) in [6, 6.07) is 5.27. The molecule has 5 heteroatoms. The minimum absolute atomic E-state index is 0.0652. The maximum absolute atomic E-state index is 12.2. The summed E-state index contributed by atoms with van der Waals surface area (Å²) in [6.45, 7) is 0.623. The van der Waals surface area contributed by atoms with Crippen LogP contribution in [0.3, 0.4) is 0 Å². The van der Waals surface area contributed by atoms with Gasteiger partial charge in [0.15, 0.2) is 0 Å². The molecule has 104 valence electrons. The van der Waals surface area contributed by atoms with Crippen molar-refractivity contribution in [3.05, 3.63) is 33.3 Å². The summed E-state index contributed by atoms with van der Waals surface area (Å²) in [5, 5.41) is 3.44. The van der Waals surface area contributed by atoms with Crippen LogP contribution in [0.15, 0.2) is 22.7 Å². The van der Waals surface area contributed by atoms with Gasteiger partial charge < -0.3 is 5.32 Å². The van der Waals surface area contributed by atoms with E-state index >= 15 is 0 Å².